The number of nitrogens with one attached hydrogen (secondary N) is 1. The number of aromatic amines is 1. The lowest BCUT2D eigenvalue weighted by Gasteiger charge is -2.15. The predicted octanol–water partition coefficient (Wildman–Crippen LogP) is -0.615. The molecule has 1 aliphatic rings. The molecule has 0 radical (unpaired) electrons. The zero-order valence-corrected chi connectivity index (χ0v) is 10.2. The maximum atomic E-state index is 12.2. The second-order valence-corrected chi connectivity index (χ2v) is 6.08. The highest BCUT2D eigenvalue weighted by Gasteiger charge is 2.33. The van der Waals surface area contributed by atoms with Gasteiger partial charge in [-0.3, -0.25) is 5.10 Å². The molecule has 0 aliphatic carbocycles. The summed E-state index contributed by atoms with van der Waals surface area (Å²) in [5, 5.41) is 14.9. The van der Waals surface area contributed by atoms with E-state index in [2.05, 4.69) is 10.2 Å². The minimum absolute atomic E-state index is 0.0298. The van der Waals surface area contributed by atoms with Crippen molar-refractivity contribution in [1.29, 1.82) is 0 Å². The molecule has 0 saturated carbocycles. The van der Waals surface area contributed by atoms with Crippen LogP contribution in [0.15, 0.2) is 11.1 Å². The van der Waals surface area contributed by atoms with Crippen molar-refractivity contribution in [2.45, 2.75) is 17.7 Å². The Morgan fingerprint density at radius 3 is 3.00 bits per heavy atom. The van der Waals surface area contributed by atoms with Crippen molar-refractivity contribution in [2.24, 2.45) is 5.92 Å². The van der Waals surface area contributed by atoms with E-state index in [1.165, 1.54) is 10.5 Å². The highest BCUT2D eigenvalue weighted by atomic mass is 32.2. The lowest BCUT2D eigenvalue weighted by molar-refractivity contribution is 0.259. The summed E-state index contributed by atoms with van der Waals surface area (Å²) in [6, 6.07) is 0. The van der Waals surface area contributed by atoms with Crippen LogP contribution in [0.1, 0.15) is 12.8 Å². The standard InChI is InChI=1S/C9H16N4O3S/c10-9-8(5-11-12-9)17(15,16)13-3-1-7(6-13)2-4-14/h5,7,14H,1-4,6H2,(H3,10,11,12). The number of hydrogen-bond donors (Lipinski definition) is 3. The van der Waals surface area contributed by atoms with Crippen LogP contribution in [0.4, 0.5) is 5.82 Å². The third kappa shape index (κ3) is 2.28. The molecule has 8 heteroatoms. The van der Waals surface area contributed by atoms with Gasteiger partial charge in [0.15, 0.2) is 0 Å². The first-order chi connectivity index (χ1) is 8.05. The first-order valence-electron chi connectivity index (χ1n) is 5.45. The Kier molecular flexibility index (Phi) is 3.36. The molecule has 0 aromatic carbocycles. The van der Waals surface area contributed by atoms with Crippen molar-refractivity contribution in [3.05, 3.63) is 6.20 Å². The molecule has 17 heavy (non-hydrogen) atoms. The van der Waals surface area contributed by atoms with Gasteiger partial charge in [0, 0.05) is 19.7 Å². The second kappa shape index (κ2) is 4.63. The molecule has 0 spiro atoms. The number of nitrogens with zero attached hydrogens (tertiary/aromatic N) is 2. The van der Waals surface area contributed by atoms with E-state index in [1.807, 2.05) is 0 Å². The fourth-order valence-corrected chi connectivity index (χ4v) is 3.60. The summed E-state index contributed by atoms with van der Waals surface area (Å²) < 4.78 is 25.8. The lowest BCUT2D eigenvalue weighted by Crippen LogP contribution is -2.29. The van der Waals surface area contributed by atoms with Gasteiger partial charge >= 0.3 is 0 Å². The minimum Gasteiger partial charge on any atom is -0.396 e. The molecule has 96 valence electrons. The molecule has 1 fully saturated rings. The topological polar surface area (TPSA) is 112 Å². The number of anilines is 1. The Morgan fingerprint density at radius 2 is 2.41 bits per heavy atom. The normalized spacial score (nSPS) is 22.1. The molecule has 0 bridgehead atoms. The van der Waals surface area contributed by atoms with Crippen LogP contribution in [0, 0.1) is 5.92 Å². The lowest BCUT2D eigenvalue weighted by atomic mass is 10.1. The van der Waals surface area contributed by atoms with Gasteiger partial charge in [0.1, 0.15) is 10.7 Å². The van der Waals surface area contributed by atoms with Gasteiger partial charge in [-0.25, -0.2) is 8.42 Å². The largest absolute Gasteiger partial charge is 0.396 e. The third-order valence-corrected chi connectivity index (χ3v) is 4.93. The highest BCUT2D eigenvalue weighted by Crippen LogP contribution is 2.27. The molecule has 1 aromatic rings. The number of hydrogen-bond acceptors (Lipinski definition) is 5. The average Bonchev–Trinajstić information content (AvgIpc) is 2.87. The van der Waals surface area contributed by atoms with Crippen molar-refractivity contribution in [3.8, 4) is 0 Å². The van der Waals surface area contributed by atoms with E-state index in [9.17, 15) is 8.42 Å². The zero-order valence-electron chi connectivity index (χ0n) is 9.33. The van der Waals surface area contributed by atoms with E-state index >= 15 is 0 Å². The van der Waals surface area contributed by atoms with Crippen LogP contribution in [0.2, 0.25) is 0 Å². The van der Waals surface area contributed by atoms with Crippen molar-refractivity contribution in [3.63, 3.8) is 0 Å². The Hall–Kier alpha value is -1.12. The number of aliphatic hydroxyl groups excluding tert-OH is 1. The molecule has 7 nitrogen and oxygen atoms in total. The molecule has 1 aliphatic heterocycles. The monoisotopic (exact) mass is 260 g/mol. The van der Waals surface area contributed by atoms with Crippen molar-refractivity contribution in [2.75, 3.05) is 25.4 Å². The van der Waals surface area contributed by atoms with Crippen molar-refractivity contribution in [1.82, 2.24) is 14.5 Å². The van der Waals surface area contributed by atoms with Crippen LogP contribution in [0.5, 0.6) is 0 Å². The fourth-order valence-electron chi connectivity index (χ4n) is 2.06. The molecular weight excluding hydrogens is 244 g/mol. The smallest absolute Gasteiger partial charge is 0.248 e. The van der Waals surface area contributed by atoms with E-state index in [4.69, 9.17) is 10.8 Å². The number of rotatable bonds is 4. The summed E-state index contributed by atoms with van der Waals surface area (Å²) >= 11 is 0. The molecular formula is C9H16N4O3S. The maximum Gasteiger partial charge on any atom is 0.248 e. The maximum absolute atomic E-state index is 12.2. The van der Waals surface area contributed by atoms with Crippen LogP contribution in [0.25, 0.3) is 0 Å². The number of nitrogens with two attached hydrogens (primary N) is 1. The predicted molar refractivity (Wildman–Crippen MR) is 61.6 cm³/mol. The Bertz CT molecular complexity index is 484. The van der Waals surface area contributed by atoms with Gasteiger partial charge in [0.05, 0.1) is 6.20 Å². The molecule has 1 aromatic heterocycles. The summed E-state index contributed by atoms with van der Waals surface area (Å²) in [5.41, 5.74) is 5.52. The first kappa shape index (κ1) is 12.3. The van der Waals surface area contributed by atoms with E-state index in [0.29, 0.717) is 19.5 Å². The quantitative estimate of drug-likeness (QED) is 0.668. The van der Waals surface area contributed by atoms with Gasteiger partial charge in [0.25, 0.3) is 0 Å². The molecule has 1 saturated heterocycles. The Labute approximate surface area is 99.7 Å². The molecule has 0 amide bonds. The number of aliphatic hydroxyl groups is 1. The van der Waals surface area contributed by atoms with Crippen LogP contribution >= 0.6 is 0 Å². The summed E-state index contributed by atoms with van der Waals surface area (Å²) in [7, 11) is -3.54. The molecule has 4 N–H and O–H groups in total. The third-order valence-electron chi connectivity index (χ3n) is 3.04. The summed E-state index contributed by atoms with van der Waals surface area (Å²) in [5.74, 6) is 0.290. The van der Waals surface area contributed by atoms with Crippen LogP contribution < -0.4 is 5.73 Å². The molecule has 2 heterocycles. The number of nitrogen functional groups attached to an aromatic ring is 1. The summed E-state index contributed by atoms with van der Waals surface area (Å²) in [4.78, 5) is 0.0298. The van der Waals surface area contributed by atoms with E-state index in [0.717, 1.165) is 6.42 Å². The van der Waals surface area contributed by atoms with Crippen LogP contribution in [0.3, 0.4) is 0 Å². The summed E-state index contributed by atoms with van der Waals surface area (Å²) in [6.07, 6.45) is 2.63. The van der Waals surface area contributed by atoms with E-state index in [-0.39, 0.29) is 23.2 Å². The van der Waals surface area contributed by atoms with Gasteiger partial charge in [-0.2, -0.15) is 9.40 Å². The number of H-pyrrole nitrogens is 1. The molecule has 1 atom stereocenters. The van der Waals surface area contributed by atoms with Crippen molar-refractivity contribution >= 4 is 15.8 Å². The Balaban J connectivity index is 2.16. The zero-order chi connectivity index (χ0) is 12.5. The average molecular weight is 260 g/mol. The van der Waals surface area contributed by atoms with Gasteiger partial charge in [-0.15, -0.1) is 0 Å². The minimum atomic E-state index is -3.54. The van der Waals surface area contributed by atoms with Gasteiger partial charge < -0.3 is 10.8 Å². The second-order valence-electron chi connectivity index (χ2n) is 4.18. The highest BCUT2D eigenvalue weighted by molar-refractivity contribution is 7.89. The molecule has 2 rings (SSSR count). The fraction of sp³-hybridized carbons (Fsp3) is 0.667. The number of sulfonamides is 1. The van der Waals surface area contributed by atoms with Gasteiger partial charge in [-0.1, -0.05) is 0 Å². The first-order valence-corrected chi connectivity index (χ1v) is 6.89. The van der Waals surface area contributed by atoms with Crippen LogP contribution in [-0.4, -0.2) is 47.7 Å². The SMILES string of the molecule is Nc1[nH]ncc1S(=O)(=O)N1CCC(CCO)C1. The summed E-state index contributed by atoms with van der Waals surface area (Å²) in [6.45, 7) is 0.998. The van der Waals surface area contributed by atoms with Crippen LogP contribution in [-0.2, 0) is 10.0 Å². The molecule has 1 unspecified atom stereocenters. The van der Waals surface area contributed by atoms with Gasteiger partial charge in [-0.05, 0) is 18.8 Å². The Morgan fingerprint density at radius 1 is 1.65 bits per heavy atom. The number of aromatic nitrogens is 2. The van der Waals surface area contributed by atoms with E-state index in [1.54, 1.807) is 0 Å². The van der Waals surface area contributed by atoms with E-state index < -0.39 is 10.0 Å². The van der Waals surface area contributed by atoms with Gasteiger partial charge in [0.2, 0.25) is 10.0 Å². The van der Waals surface area contributed by atoms with Crippen molar-refractivity contribution < 1.29 is 13.5 Å².